The highest BCUT2D eigenvalue weighted by Gasteiger charge is 2.29. The van der Waals surface area contributed by atoms with Crippen molar-refractivity contribution in [2.45, 2.75) is 11.9 Å². The molecule has 0 aliphatic carbocycles. The molecule has 0 bridgehead atoms. The van der Waals surface area contributed by atoms with Gasteiger partial charge in [-0.1, -0.05) is 54.2 Å². The smallest absolute Gasteiger partial charge is 0.416 e. The van der Waals surface area contributed by atoms with Gasteiger partial charge in [0.15, 0.2) is 0 Å². The number of nitrogens with one attached hydrogen (secondary N) is 1. The first-order valence-corrected chi connectivity index (χ1v) is 9.77. The summed E-state index contributed by atoms with van der Waals surface area (Å²) < 4.78 is 43.1. The molecule has 30 heavy (non-hydrogen) atoms. The topological polar surface area (TPSA) is 55.4 Å². The molecule has 1 N–H and O–H groups in total. The second kappa shape index (κ2) is 9.49. The van der Waals surface area contributed by atoms with Gasteiger partial charge in [0.1, 0.15) is 5.75 Å². The monoisotopic (exact) mass is 431 g/mol. The van der Waals surface area contributed by atoms with E-state index in [1.54, 1.807) is 48.5 Å². The van der Waals surface area contributed by atoms with Crippen LogP contribution in [0, 0.1) is 0 Å². The van der Waals surface area contributed by atoms with Crippen LogP contribution in [0.3, 0.4) is 0 Å². The number of hydrogen-bond donors (Lipinski definition) is 1. The first kappa shape index (κ1) is 21.4. The van der Waals surface area contributed by atoms with Crippen molar-refractivity contribution in [3.63, 3.8) is 0 Å². The molecule has 4 nitrogen and oxygen atoms in total. The average Bonchev–Trinajstić information content (AvgIpc) is 2.73. The summed E-state index contributed by atoms with van der Waals surface area (Å²) in [6.45, 7) is 0. The van der Waals surface area contributed by atoms with Gasteiger partial charge in [-0.25, -0.2) is 4.79 Å². The Morgan fingerprint density at radius 1 is 0.867 bits per heavy atom. The second-order valence-electron chi connectivity index (χ2n) is 6.14. The lowest BCUT2D eigenvalue weighted by Crippen LogP contribution is -2.14. The van der Waals surface area contributed by atoms with Gasteiger partial charge < -0.3 is 10.1 Å². The normalized spacial score (nSPS) is 11.0. The van der Waals surface area contributed by atoms with E-state index in [1.807, 2.05) is 0 Å². The Hall–Kier alpha value is -3.26. The summed E-state index contributed by atoms with van der Waals surface area (Å²) in [6, 6.07) is 19.5. The fourth-order valence-electron chi connectivity index (χ4n) is 2.51. The van der Waals surface area contributed by atoms with E-state index < -0.39 is 22.9 Å². The molecule has 3 aromatic carbocycles. The van der Waals surface area contributed by atoms with Crippen LogP contribution >= 0.6 is 11.8 Å². The van der Waals surface area contributed by atoms with Crippen LogP contribution in [0.15, 0.2) is 78.9 Å². The SMILES string of the molecule is O=C(Nc1ccccc1C(=O)Oc1ccccc1)SCc1ccc(C(F)(F)F)cc1. The number of anilines is 1. The Balaban J connectivity index is 1.61. The number of amides is 1. The van der Waals surface area contributed by atoms with Crippen molar-refractivity contribution < 1.29 is 27.5 Å². The summed E-state index contributed by atoms with van der Waals surface area (Å²) in [4.78, 5) is 24.7. The molecule has 0 heterocycles. The van der Waals surface area contributed by atoms with Gasteiger partial charge in [0, 0.05) is 5.75 Å². The molecule has 0 saturated carbocycles. The highest BCUT2D eigenvalue weighted by atomic mass is 32.2. The van der Waals surface area contributed by atoms with E-state index in [1.165, 1.54) is 18.2 Å². The van der Waals surface area contributed by atoms with E-state index in [0.29, 0.717) is 11.3 Å². The van der Waals surface area contributed by atoms with Crippen molar-refractivity contribution in [1.29, 1.82) is 0 Å². The molecule has 8 heteroatoms. The fourth-order valence-corrected chi connectivity index (χ4v) is 3.18. The minimum absolute atomic E-state index is 0.181. The Morgan fingerprint density at radius 2 is 1.50 bits per heavy atom. The van der Waals surface area contributed by atoms with Crippen LogP contribution in [0.5, 0.6) is 5.75 Å². The van der Waals surface area contributed by atoms with Crippen LogP contribution in [0.2, 0.25) is 0 Å². The van der Waals surface area contributed by atoms with Crippen molar-refractivity contribution in [1.82, 2.24) is 0 Å². The van der Waals surface area contributed by atoms with E-state index in [4.69, 9.17) is 4.74 Å². The molecule has 0 unspecified atom stereocenters. The number of benzene rings is 3. The van der Waals surface area contributed by atoms with Crippen molar-refractivity contribution in [3.05, 3.63) is 95.6 Å². The summed E-state index contributed by atoms with van der Waals surface area (Å²) >= 11 is 0.879. The number of rotatable bonds is 5. The highest BCUT2D eigenvalue weighted by Crippen LogP contribution is 2.30. The Bertz CT molecular complexity index is 1020. The first-order valence-electron chi connectivity index (χ1n) is 8.79. The third-order valence-corrected chi connectivity index (χ3v) is 4.83. The van der Waals surface area contributed by atoms with E-state index in [2.05, 4.69) is 5.32 Å². The van der Waals surface area contributed by atoms with Gasteiger partial charge in [-0.15, -0.1) is 0 Å². The zero-order chi connectivity index (χ0) is 21.6. The van der Waals surface area contributed by atoms with Crippen molar-refractivity contribution in [2.24, 2.45) is 0 Å². The molecule has 0 aliphatic rings. The van der Waals surface area contributed by atoms with Crippen LogP contribution < -0.4 is 10.1 Å². The zero-order valence-electron chi connectivity index (χ0n) is 15.5. The number of carbonyl (C=O) groups excluding carboxylic acids is 2. The molecule has 0 spiro atoms. The molecule has 154 valence electrons. The summed E-state index contributed by atoms with van der Waals surface area (Å²) in [7, 11) is 0. The largest absolute Gasteiger partial charge is 0.423 e. The lowest BCUT2D eigenvalue weighted by molar-refractivity contribution is -0.137. The van der Waals surface area contributed by atoms with E-state index in [-0.39, 0.29) is 17.0 Å². The standard InChI is InChI=1S/C22H16F3NO3S/c23-22(24,25)16-12-10-15(11-13-16)14-30-21(28)26-19-9-5-4-8-18(19)20(27)29-17-6-2-1-3-7-17/h1-13H,14H2,(H,26,28). The van der Waals surface area contributed by atoms with Crippen molar-refractivity contribution >= 4 is 28.7 Å². The molecule has 1 amide bonds. The predicted octanol–water partition coefficient (Wildman–Crippen LogP) is 6.39. The maximum absolute atomic E-state index is 12.6. The number of esters is 1. The average molecular weight is 431 g/mol. The Labute approximate surface area is 175 Å². The second-order valence-corrected chi connectivity index (χ2v) is 7.09. The van der Waals surface area contributed by atoms with E-state index in [0.717, 1.165) is 23.9 Å². The molecule has 0 atom stereocenters. The van der Waals surface area contributed by atoms with Crippen LogP contribution in [0.25, 0.3) is 0 Å². The fraction of sp³-hybridized carbons (Fsp3) is 0.0909. The van der Waals surface area contributed by atoms with Gasteiger partial charge >= 0.3 is 12.1 Å². The van der Waals surface area contributed by atoms with Gasteiger partial charge in [0.2, 0.25) is 0 Å². The van der Waals surface area contributed by atoms with Crippen LogP contribution in [0.1, 0.15) is 21.5 Å². The predicted molar refractivity (Wildman–Crippen MR) is 110 cm³/mol. The number of halogens is 3. The molecule has 0 fully saturated rings. The van der Waals surface area contributed by atoms with E-state index >= 15 is 0 Å². The number of hydrogen-bond acceptors (Lipinski definition) is 4. The first-order chi connectivity index (χ1) is 14.3. The zero-order valence-corrected chi connectivity index (χ0v) is 16.3. The van der Waals surface area contributed by atoms with Crippen LogP contribution in [-0.4, -0.2) is 11.2 Å². The molecule has 3 aromatic rings. The number of alkyl halides is 3. The van der Waals surface area contributed by atoms with Crippen LogP contribution in [0.4, 0.5) is 23.7 Å². The van der Waals surface area contributed by atoms with Gasteiger partial charge in [0.25, 0.3) is 5.24 Å². The quantitative estimate of drug-likeness (QED) is 0.376. The summed E-state index contributed by atoms with van der Waals surface area (Å²) in [6.07, 6.45) is -4.40. The van der Waals surface area contributed by atoms with Crippen LogP contribution in [-0.2, 0) is 11.9 Å². The van der Waals surface area contributed by atoms with Gasteiger partial charge in [-0.2, -0.15) is 13.2 Å². The molecule has 0 radical (unpaired) electrons. The number of carbonyl (C=O) groups is 2. The van der Waals surface area contributed by atoms with Gasteiger partial charge in [0.05, 0.1) is 16.8 Å². The maximum Gasteiger partial charge on any atom is 0.416 e. The van der Waals surface area contributed by atoms with Crippen molar-refractivity contribution in [2.75, 3.05) is 5.32 Å². The van der Waals surface area contributed by atoms with Crippen molar-refractivity contribution in [3.8, 4) is 5.75 Å². The Kier molecular flexibility index (Phi) is 6.79. The number of ether oxygens (including phenoxy) is 1. The molecule has 3 rings (SSSR count). The third kappa shape index (κ3) is 5.87. The molecular formula is C22H16F3NO3S. The lowest BCUT2D eigenvalue weighted by Gasteiger charge is -2.11. The minimum atomic E-state index is -4.40. The molecular weight excluding hydrogens is 415 g/mol. The minimum Gasteiger partial charge on any atom is -0.423 e. The molecule has 0 saturated heterocycles. The number of thioether (sulfide) groups is 1. The third-order valence-electron chi connectivity index (χ3n) is 3.99. The van der Waals surface area contributed by atoms with Gasteiger partial charge in [-0.05, 0) is 42.0 Å². The maximum atomic E-state index is 12.6. The van der Waals surface area contributed by atoms with Gasteiger partial charge in [-0.3, -0.25) is 4.79 Å². The Morgan fingerprint density at radius 3 is 2.17 bits per heavy atom. The number of para-hydroxylation sites is 2. The molecule has 0 aromatic heterocycles. The summed E-state index contributed by atoms with van der Waals surface area (Å²) in [5.41, 5.74) is 0.291. The van der Waals surface area contributed by atoms with E-state index in [9.17, 15) is 22.8 Å². The summed E-state index contributed by atoms with van der Waals surface area (Å²) in [5, 5.41) is 2.18. The molecule has 0 aliphatic heterocycles. The summed E-state index contributed by atoms with van der Waals surface area (Å²) in [5.74, 6) is -0.0641. The lowest BCUT2D eigenvalue weighted by atomic mass is 10.1. The highest BCUT2D eigenvalue weighted by molar-refractivity contribution is 8.13.